The summed E-state index contributed by atoms with van der Waals surface area (Å²) >= 11 is 5.91. The lowest BCUT2D eigenvalue weighted by atomic mass is 10.1. The third kappa shape index (κ3) is 2.94. The van der Waals surface area contributed by atoms with Crippen LogP contribution in [0.15, 0.2) is 42.7 Å². The number of rotatable bonds is 5. The van der Waals surface area contributed by atoms with Crippen molar-refractivity contribution >= 4 is 11.6 Å². The Morgan fingerprint density at radius 1 is 1.20 bits per heavy atom. The number of pyridine rings is 1. The Hall–Kier alpha value is -1.58. The maximum atomic E-state index is 5.91. The summed E-state index contributed by atoms with van der Waals surface area (Å²) in [5, 5.41) is 4.05. The van der Waals surface area contributed by atoms with Gasteiger partial charge in [-0.3, -0.25) is 4.98 Å². The van der Waals surface area contributed by atoms with Gasteiger partial charge < -0.3 is 10.1 Å². The van der Waals surface area contributed by atoms with Crippen molar-refractivity contribution < 1.29 is 4.74 Å². The van der Waals surface area contributed by atoms with Crippen molar-refractivity contribution in [3.05, 3.63) is 47.7 Å². The molecule has 104 valence electrons. The van der Waals surface area contributed by atoms with E-state index in [-0.39, 0.29) is 5.54 Å². The number of likely N-dealkylation sites (N-methyl/N-ethyl adjacent to an activating group) is 1. The second kappa shape index (κ2) is 5.43. The molecule has 1 N–H and O–H groups in total. The van der Waals surface area contributed by atoms with Gasteiger partial charge in [-0.15, -0.1) is 0 Å². The fourth-order valence-corrected chi connectivity index (χ4v) is 2.26. The minimum atomic E-state index is 0.177. The average Bonchev–Trinajstić information content (AvgIpc) is 3.27. The molecule has 0 amide bonds. The van der Waals surface area contributed by atoms with E-state index in [1.807, 2.05) is 43.6 Å². The lowest BCUT2D eigenvalue weighted by Crippen LogP contribution is -2.33. The molecule has 1 aromatic carbocycles. The topological polar surface area (TPSA) is 34.1 Å². The van der Waals surface area contributed by atoms with Gasteiger partial charge in [0, 0.05) is 16.8 Å². The van der Waals surface area contributed by atoms with Crippen LogP contribution in [0.2, 0.25) is 5.02 Å². The lowest BCUT2D eigenvalue weighted by molar-refractivity contribution is 0.259. The molecule has 0 radical (unpaired) electrons. The molecule has 2 aromatic rings. The maximum Gasteiger partial charge on any atom is 0.138 e. The third-order valence-corrected chi connectivity index (χ3v) is 4.04. The number of ether oxygens (including phenoxy) is 1. The van der Waals surface area contributed by atoms with Crippen molar-refractivity contribution in [1.82, 2.24) is 10.3 Å². The van der Waals surface area contributed by atoms with Crippen LogP contribution in [0.5, 0.6) is 5.75 Å². The van der Waals surface area contributed by atoms with Crippen LogP contribution in [0.25, 0.3) is 11.1 Å². The first kappa shape index (κ1) is 13.4. The van der Waals surface area contributed by atoms with Crippen LogP contribution < -0.4 is 10.1 Å². The highest BCUT2D eigenvalue weighted by atomic mass is 35.5. The Kier molecular flexibility index (Phi) is 3.64. The van der Waals surface area contributed by atoms with Gasteiger partial charge in [-0.25, -0.2) is 0 Å². The molecule has 1 aliphatic rings. The molecule has 0 aliphatic heterocycles. The Bertz CT molecular complexity index is 594. The predicted octanol–water partition coefficient (Wildman–Crippen LogP) is 3.53. The Labute approximate surface area is 123 Å². The van der Waals surface area contributed by atoms with E-state index in [9.17, 15) is 0 Å². The zero-order valence-corrected chi connectivity index (χ0v) is 12.2. The fraction of sp³-hybridized carbons (Fsp3) is 0.312. The normalized spacial score (nSPS) is 15.9. The molecule has 0 spiro atoms. The van der Waals surface area contributed by atoms with Gasteiger partial charge in [-0.05, 0) is 43.7 Å². The molecule has 0 atom stereocenters. The highest BCUT2D eigenvalue weighted by Gasteiger charge is 2.41. The van der Waals surface area contributed by atoms with Gasteiger partial charge in [0.1, 0.15) is 12.4 Å². The first-order valence-corrected chi connectivity index (χ1v) is 7.11. The van der Waals surface area contributed by atoms with Crippen LogP contribution in [0.1, 0.15) is 12.8 Å². The van der Waals surface area contributed by atoms with E-state index in [0.717, 1.165) is 21.9 Å². The van der Waals surface area contributed by atoms with Crippen LogP contribution >= 0.6 is 11.6 Å². The van der Waals surface area contributed by atoms with Gasteiger partial charge in [0.25, 0.3) is 0 Å². The van der Waals surface area contributed by atoms with E-state index < -0.39 is 0 Å². The van der Waals surface area contributed by atoms with E-state index in [4.69, 9.17) is 16.3 Å². The van der Waals surface area contributed by atoms with E-state index in [1.165, 1.54) is 12.8 Å². The summed E-state index contributed by atoms with van der Waals surface area (Å²) in [6.45, 7) is 0.690. The molecule has 0 unspecified atom stereocenters. The number of nitrogens with one attached hydrogen (secondary N) is 1. The molecule has 1 aromatic heterocycles. The summed E-state index contributed by atoms with van der Waals surface area (Å²) in [6.07, 6.45) is 5.94. The van der Waals surface area contributed by atoms with Crippen LogP contribution in [-0.4, -0.2) is 24.2 Å². The summed E-state index contributed by atoms with van der Waals surface area (Å²) in [5.41, 5.74) is 2.30. The Morgan fingerprint density at radius 3 is 2.60 bits per heavy atom. The van der Waals surface area contributed by atoms with Crippen molar-refractivity contribution in [3.63, 3.8) is 0 Å². The van der Waals surface area contributed by atoms with Crippen LogP contribution in [-0.2, 0) is 0 Å². The largest absolute Gasteiger partial charge is 0.490 e. The van der Waals surface area contributed by atoms with E-state index >= 15 is 0 Å². The smallest absolute Gasteiger partial charge is 0.138 e. The van der Waals surface area contributed by atoms with Crippen LogP contribution in [0.4, 0.5) is 0 Å². The number of halogens is 1. The summed E-state index contributed by atoms with van der Waals surface area (Å²) in [7, 11) is 1.98. The molecule has 1 fully saturated rings. The quantitative estimate of drug-likeness (QED) is 0.914. The van der Waals surface area contributed by atoms with E-state index in [2.05, 4.69) is 10.3 Å². The molecule has 3 rings (SSSR count). The number of hydrogen-bond donors (Lipinski definition) is 1. The minimum Gasteiger partial charge on any atom is -0.490 e. The summed E-state index contributed by atoms with van der Waals surface area (Å²) in [6, 6.07) is 9.75. The number of nitrogens with zero attached hydrogens (tertiary/aromatic N) is 1. The molecule has 1 aliphatic carbocycles. The zero-order valence-electron chi connectivity index (χ0n) is 11.4. The van der Waals surface area contributed by atoms with Crippen molar-refractivity contribution in [2.75, 3.05) is 13.7 Å². The lowest BCUT2D eigenvalue weighted by Gasteiger charge is -2.15. The van der Waals surface area contributed by atoms with Gasteiger partial charge in [0.15, 0.2) is 0 Å². The molecule has 4 heteroatoms. The second-order valence-corrected chi connectivity index (χ2v) is 5.67. The highest BCUT2D eigenvalue weighted by Crippen LogP contribution is 2.35. The highest BCUT2D eigenvalue weighted by molar-refractivity contribution is 6.30. The first-order valence-electron chi connectivity index (χ1n) is 6.73. The van der Waals surface area contributed by atoms with Crippen molar-refractivity contribution in [1.29, 1.82) is 0 Å². The van der Waals surface area contributed by atoms with Gasteiger partial charge in [0.2, 0.25) is 0 Å². The Morgan fingerprint density at radius 2 is 1.95 bits per heavy atom. The van der Waals surface area contributed by atoms with Crippen LogP contribution in [0, 0.1) is 0 Å². The SMILES string of the molecule is CNC1(COc2cncc(-c3ccc(Cl)cc3)c2)CC1. The summed E-state index contributed by atoms with van der Waals surface area (Å²) in [5.74, 6) is 0.805. The molecule has 20 heavy (non-hydrogen) atoms. The molecule has 0 saturated heterocycles. The second-order valence-electron chi connectivity index (χ2n) is 5.24. The maximum absolute atomic E-state index is 5.91. The van der Waals surface area contributed by atoms with Crippen molar-refractivity contribution in [2.45, 2.75) is 18.4 Å². The van der Waals surface area contributed by atoms with Crippen molar-refractivity contribution in [2.24, 2.45) is 0 Å². The standard InChI is InChI=1S/C16H17ClN2O/c1-18-16(6-7-16)11-20-15-8-13(9-19-10-15)12-2-4-14(17)5-3-12/h2-5,8-10,18H,6-7,11H2,1H3. The predicted molar refractivity (Wildman–Crippen MR) is 81.2 cm³/mol. The van der Waals surface area contributed by atoms with Gasteiger partial charge in [-0.1, -0.05) is 23.7 Å². The number of benzene rings is 1. The summed E-state index contributed by atoms with van der Waals surface area (Å²) < 4.78 is 5.86. The number of aromatic nitrogens is 1. The molecular weight excluding hydrogens is 272 g/mol. The van der Waals surface area contributed by atoms with Gasteiger partial charge in [-0.2, -0.15) is 0 Å². The number of hydrogen-bond acceptors (Lipinski definition) is 3. The molecular formula is C16H17ClN2O. The zero-order chi connectivity index (χ0) is 14.0. The minimum absolute atomic E-state index is 0.177. The fourth-order valence-electron chi connectivity index (χ4n) is 2.14. The Balaban J connectivity index is 1.74. The monoisotopic (exact) mass is 288 g/mol. The van der Waals surface area contributed by atoms with E-state index in [0.29, 0.717) is 6.61 Å². The van der Waals surface area contributed by atoms with Crippen LogP contribution in [0.3, 0.4) is 0 Å². The average molecular weight is 289 g/mol. The molecule has 1 heterocycles. The van der Waals surface area contributed by atoms with Crippen molar-refractivity contribution in [3.8, 4) is 16.9 Å². The third-order valence-electron chi connectivity index (χ3n) is 3.79. The van der Waals surface area contributed by atoms with Gasteiger partial charge >= 0.3 is 0 Å². The molecule has 3 nitrogen and oxygen atoms in total. The summed E-state index contributed by atoms with van der Waals surface area (Å²) in [4.78, 5) is 4.25. The van der Waals surface area contributed by atoms with E-state index in [1.54, 1.807) is 6.20 Å². The molecule has 1 saturated carbocycles. The molecule has 0 bridgehead atoms. The first-order chi connectivity index (χ1) is 9.71. The van der Waals surface area contributed by atoms with Gasteiger partial charge in [0.05, 0.1) is 11.7 Å².